The molecule has 2 aromatic carbocycles. The maximum atomic E-state index is 12.2. The van der Waals surface area contributed by atoms with Crippen molar-refractivity contribution in [2.24, 2.45) is 7.05 Å². The second-order valence-corrected chi connectivity index (χ2v) is 6.42. The summed E-state index contributed by atoms with van der Waals surface area (Å²) in [7, 11) is 1.52. The molecule has 1 heterocycles. The normalized spacial score (nSPS) is 11.9. The van der Waals surface area contributed by atoms with E-state index in [-0.39, 0.29) is 6.42 Å². The van der Waals surface area contributed by atoms with Gasteiger partial charge in [-0.1, -0.05) is 36.4 Å². The quantitative estimate of drug-likeness (QED) is 0.552. The standard InChI is InChI=1S/C20H19N3O5/c1-23-15-9-7-12(11-14(15)21-18(25)19(23)26)8-10-16(24)22-17(20(27)28)13-5-3-2-4-6-13/h2-7,9,11,17H,8,10H2,1H3,(H,21,25)(H,22,24)(H,27,28)/t17-/m0/s1. The molecule has 0 bridgehead atoms. The van der Waals surface area contributed by atoms with E-state index in [9.17, 15) is 24.3 Å². The number of hydrogen-bond donors (Lipinski definition) is 3. The Hall–Kier alpha value is -3.68. The number of carboxylic acid groups (broad SMARTS) is 1. The molecule has 144 valence electrons. The molecule has 3 N–H and O–H groups in total. The van der Waals surface area contributed by atoms with E-state index >= 15 is 0 Å². The maximum absolute atomic E-state index is 12.2. The van der Waals surface area contributed by atoms with E-state index in [1.165, 1.54) is 11.6 Å². The van der Waals surface area contributed by atoms with Gasteiger partial charge in [0.05, 0.1) is 11.0 Å². The van der Waals surface area contributed by atoms with E-state index in [0.717, 1.165) is 5.56 Å². The van der Waals surface area contributed by atoms with Gasteiger partial charge in [-0.3, -0.25) is 14.4 Å². The first kappa shape index (κ1) is 19.1. The van der Waals surface area contributed by atoms with E-state index in [0.29, 0.717) is 23.0 Å². The molecule has 28 heavy (non-hydrogen) atoms. The van der Waals surface area contributed by atoms with E-state index in [1.807, 2.05) is 0 Å². The molecule has 0 aliphatic heterocycles. The molecule has 0 fully saturated rings. The van der Waals surface area contributed by atoms with Crippen LogP contribution in [-0.2, 0) is 23.1 Å². The predicted molar refractivity (Wildman–Crippen MR) is 103 cm³/mol. The highest BCUT2D eigenvalue weighted by atomic mass is 16.4. The van der Waals surface area contributed by atoms with Crippen molar-refractivity contribution in [1.29, 1.82) is 0 Å². The average molecular weight is 381 g/mol. The molecule has 8 nitrogen and oxygen atoms in total. The number of aliphatic carboxylic acids is 1. The van der Waals surface area contributed by atoms with E-state index < -0.39 is 29.0 Å². The highest BCUT2D eigenvalue weighted by Crippen LogP contribution is 2.15. The van der Waals surface area contributed by atoms with Crippen molar-refractivity contribution in [2.45, 2.75) is 18.9 Å². The second kappa shape index (κ2) is 7.91. The summed E-state index contributed by atoms with van der Waals surface area (Å²) in [5.41, 5.74) is 0.999. The SMILES string of the molecule is Cn1c(=O)c(=O)[nH]c2cc(CCC(=O)N[C@H](C(=O)O)c3ccccc3)ccc21. The molecular formula is C20H19N3O5. The summed E-state index contributed by atoms with van der Waals surface area (Å²) in [6, 6.07) is 12.5. The molecule has 1 amide bonds. The lowest BCUT2D eigenvalue weighted by molar-refractivity contribution is -0.142. The molecule has 0 aliphatic carbocycles. The maximum Gasteiger partial charge on any atom is 0.330 e. The Kier molecular flexibility index (Phi) is 5.39. The van der Waals surface area contributed by atoms with Gasteiger partial charge in [0.15, 0.2) is 6.04 Å². The lowest BCUT2D eigenvalue weighted by atomic mass is 10.1. The summed E-state index contributed by atoms with van der Waals surface area (Å²) in [6.07, 6.45) is 0.436. The van der Waals surface area contributed by atoms with E-state index in [4.69, 9.17) is 0 Å². The molecule has 3 aromatic rings. The lowest BCUT2D eigenvalue weighted by Gasteiger charge is -2.15. The Balaban J connectivity index is 1.72. The molecular weight excluding hydrogens is 362 g/mol. The van der Waals surface area contributed by atoms with Gasteiger partial charge in [0, 0.05) is 13.5 Å². The van der Waals surface area contributed by atoms with Crippen molar-refractivity contribution in [3.05, 3.63) is 80.4 Å². The van der Waals surface area contributed by atoms with Gasteiger partial charge in [0.25, 0.3) is 0 Å². The molecule has 3 rings (SSSR count). The van der Waals surface area contributed by atoms with Crippen molar-refractivity contribution in [3.8, 4) is 0 Å². The fourth-order valence-corrected chi connectivity index (χ4v) is 2.99. The fraction of sp³-hybridized carbons (Fsp3) is 0.200. The largest absolute Gasteiger partial charge is 0.479 e. The molecule has 0 unspecified atom stereocenters. The topological polar surface area (TPSA) is 121 Å². The van der Waals surface area contributed by atoms with Crippen LogP contribution in [-0.4, -0.2) is 26.5 Å². The zero-order chi connectivity index (χ0) is 20.3. The van der Waals surface area contributed by atoms with Gasteiger partial charge in [-0.05, 0) is 29.7 Å². The molecule has 1 atom stereocenters. The smallest absolute Gasteiger partial charge is 0.330 e. The number of fused-ring (bicyclic) bond motifs is 1. The number of nitrogens with zero attached hydrogens (tertiary/aromatic N) is 1. The minimum atomic E-state index is -1.14. The molecule has 0 saturated heterocycles. The Morgan fingerprint density at radius 3 is 2.54 bits per heavy atom. The summed E-state index contributed by atoms with van der Waals surface area (Å²) < 4.78 is 1.27. The molecule has 8 heteroatoms. The summed E-state index contributed by atoms with van der Waals surface area (Å²) in [5, 5.41) is 11.9. The van der Waals surface area contributed by atoms with Crippen LogP contribution in [0.1, 0.15) is 23.6 Å². The number of H-pyrrole nitrogens is 1. The number of carbonyl (C=O) groups excluding carboxylic acids is 1. The highest BCUT2D eigenvalue weighted by molar-refractivity contribution is 5.84. The second-order valence-electron chi connectivity index (χ2n) is 6.42. The van der Waals surface area contributed by atoms with E-state index in [1.54, 1.807) is 48.5 Å². The first-order valence-corrected chi connectivity index (χ1v) is 8.66. The number of benzene rings is 2. The highest BCUT2D eigenvalue weighted by Gasteiger charge is 2.21. The van der Waals surface area contributed by atoms with Gasteiger partial charge in [0.1, 0.15) is 0 Å². The van der Waals surface area contributed by atoms with Crippen LogP contribution in [0.2, 0.25) is 0 Å². The summed E-state index contributed by atoms with van der Waals surface area (Å²) in [6.45, 7) is 0. The zero-order valence-electron chi connectivity index (χ0n) is 15.1. The lowest BCUT2D eigenvalue weighted by Crippen LogP contribution is -2.34. The zero-order valence-corrected chi connectivity index (χ0v) is 15.1. The minimum absolute atomic E-state index is 0.0815. The average Bonchev–Trinajstić information content (AvgIpc) is 2.69. The number of aryl methyl sites for hydroxylation is 2. The van der Waals surface area contributed by atoms with Crippen LogP contribution in [0.3, 0.4) is 0 Å². The monoisotopic (exact) mass is 381 g/mol. The van der Waals surface area contributed by atoms with Crippen molar-refractivity contribution in [1.82, 2.24) is 14.9 Å². The molecule has 0 saturated carbocycles. The minimum Gasteiger partial charge on any atom is -0.479 e. The molecule has 0 spiro atoms. The van der Waals surface area contributed by atoms with Crippen LogP contribution < -0.4 is 16.4 Å². The number of rotatable bonds is 6. The predicted octanol–water partition coefficient (Wildman–Crippen LogP) is 1.10. The first-order valence-electron chi connectivity index (χ1n) is 8.66. The fourth-order valence-electron chi connectivity index (χ4n) is 2.99. The first-order chi connectivity index (χ1) is 13.4. The molecule has 1 aromatic heterocycles. The van der Waals surface area contributed by atoms with Gasteiger partial charge in [-0.15, -0.1) is 0 Å². The van der Waals surface area contributed by atoms with Crippen molar-refractivity contribution in [3.63, 3.8) is 0 Å². The Labute approximate surface area is 159 Å². The van der Waals surface area contributed by atoms with Crippen molar-refractivity contribution < 1.29 is 14.7 Å². The Bertz CT molecular complexity index is 1150. The van der Waals surface area contributed by atoms with Gasteiger partial charge in [-0.25, -0.2) is 4.79 Å². The third-order valence-electron chi connectivity index (χ3n) is 4.50. The number of carbonyl (C=O) groups is 2. The van der Waals surface area contributed by atoms with Crippen LogP contribution in [0.25, 0.3) is 11.0 Å². The van der Waals surface area contributed by atoms with Gasteiger partial charge < -0.3 is 20.0 Å². The van der Waals surface area contributed by atoms with Crippen LogP contribution in [0.4, 0.5) is 0 Å². The van der Waals surface area contributed by atoms with Crippen LogP contribution in [0.15, 0.2) is 58.1 Å². The van der Waals surface area contributed by atoms with Crippen LogP contribution in [0, 0.1) is 0 Å². The number of nitrogens with one attached hydrogen (secondary N) is 2. The van der Waals surface area contributed by atoms with Gasteiger partial charge in [0.2, 0.25) is 5.91 Å². The Morgan fingerprint density at radius 2 is 1.86 bits per heavy atom. The number of aromatic amines is 1. The van der Waals surface area contributed by atoms with E-state index in [2.05, 4.69) is 10.3 Å². The summed E-state index contributed by atoms with van der Waals surface area (Å²) >= 11 is 0. The van der Waals surface area contributed by atoms with Crippen molar-refractivity contribution in [2.75, 3.05) is 0 Å². The molecule has 0 aliphatic rings. The third-order valence-corrected chi connectivity index (χ3v) is 4.50. The number of amides is 1. The summed E-state index contributed by atoms with van der Waals surface area (Å²) in [4.78, 5) is 49.6. The third kappa shape index (κ3) is 4.01. The van der Waals surface area contributed by atoms with Gasteiger partial charge >= 0.3 is 17.1 Å². The van der Waals surface area contributed by atoms with Crippen molar-refractivity contribution >= 4 is 22.9 Å². The van der Waals surface area contributed by atoms with Crippen LogP contribution in [0.5, 0.6) is 0 Å². The molecule has 0 radical (unpaired) electrons. The van der Waals surface area contributed by atoms with Crippen LogP contribution >= 0.6 is 0 Å². The number of aromatic nitrogens is 2. The van der Waals surface area contributed by atoms with Gasteiger partial charge in [-0.2, -0.15) is 0 Å². The summed E-state index contributed by atoms with van der Waals surface area (Å²) in [5.74, 6) is -1.53. The Morgan fingerprint density at radius 1 is 1.14 bits per heavy atom. The number of carboxylic acids is 1. The number of hydrogen-bond acceptors (Lipinski definition) is 4.